The van der Waals surface area contributed by atoms with Crippen molar-refractivity contribution in [2.24, 2.45) is 0 Å². The lowest BCUT2D eigenvalue weighted by atomic mass is 10.1. The van der Waals surface area contributed by atoms with Gasteiger partial charge < -0.3 is 20.7 Å². The first-order valence-electron chi connectivity index (χ1n) is 6.41. The quantitative estimate of drug-likeness (QED) is 0.738. The average molecular weight is 265 g/mol. The molecule has 0 bridgehead atoms. The van der Waals surface area contributed by atoms with Crippen molar-refractivity contribution in [3.8, 4) is 0 Å². The maximum Gasteiger partial charge on any atom is 0.319 e. The van der Waals surface area contributed by atoms with E-state index in [1.165, 1.54) is 0 Å². The van der Waals surface area contributed by atoms with E-state index in [1.807, 2.05) is 38.2 Å². The maximum absolute atomic E-state index is 11.7. The number of rotatable bonds is 6. The standard InChI is InChI=1S/C14H23N3O2/c1-10(19-4)9-16-14(18)17-13-7-5-6-12(8-13)11(2)15-3/h5-8,10-11,15H,9H2,1-4H3,(H2,16,17,18). The van der Waals surface area contributed by atoms with E-state index in [0.717, 1.165) is 11.3 Å². The molecular formula is C14H23N3O2. The fourth-order valence-corrected chi connectivity index (χ4v) is 1.55. The van der Waals surface area contributed by atoms with Gasteiger partial charge in [0.15, 0.2) is 0 Å². The van der Waals surface area contributed by atoms with Crippen LogP contribution in [0.25, 0.3) is 0 Å². The third kappa shape index (κ3) is 5.28. The molecule has 2 unspecified atom stereocenters. The van der Waals surface area contributed by atoms with E-state index in [-0.39, 0.29) is 18.2 Å². The molecule has 0 radical (unpaired) electrons. The Balaban J connectivity index is 2.54. The average Bonchev–Trinajstić information content (AvgIpc) is 2.44. The molecule has 0 saturated carbocycles. The van der Waals surface area contributed by atoms with Crippen LogP contribution in [0.2, 0.25) is 0 Å². The van der Waals surface area contributed by atoms with E-state index in [4.69, 9.17) is 4.74 Å². The van der Waals surface area contributed by atoms with Gasteiger partial charge in [-0.3, -0.25) is 0 Å². The third-order valence-corrected chi connectivity index (χ3v) is 3.03. The van der Waals surface area contributed by atoms with Gasteiger partial charge in [0, 0.05) is 25.4 Å². The second-order valence-electron chi connectivity index (χ2n) is 4.52. The molecular weight excluding hydrogens is 242 g/mol. The molecule has 2 atom stereocenters. The van der Waals surface area contributed by atoms with Crippen molar-refractivity contribution in [2.45, 2.75) is 26.0 Å². The fraction of sp³-hybridized carbons (Fsp3) is 0.500. The molecule has 1 aromatic rings. The van der Waals surface area contributed by atoms with Crippen molar-refractivity contribution >= 4 is 11.7 Å². The highest BCUT2D eigenvalue weighted by molar-refractivity contribution is 5.89. The summed E-state index contributed by atoms with van der Waals surface area (Å²) in [4.78, 5) is 11.7. The summed E-state index contributed by atoms with van der Waals surface area (Å²) in [6.45, 7) is 4.45. The summed E-state index contributed by atoms with van der Waals surface area (Å²) >= 11 is 0. The van der Waals surface area contributed by atoms with E-state index < -0.39 is 0 Å². The highest BCUT2D eigenvalue weighted by Gasteiger charge is 2.06. The zero-order valence-electron chi connectivity index (χ0n) is 12.0. The zero-order valence-corrected chi connectivity index (χ0v) is 12.0. The first kappa shape index (κ1) is 15.5. The smallest absolute Gasteiger partial charge is 0.319 e. The molecule has 0 heterocycles. The molecule has 1 rings (SSSR count). The largest absolute Gasteiger partial charge is 0.380 e. The number of ether oxygens (including phenoxy) is 1. The Morgan fingerprint density at radius 1 is 1.37 bits per heavy atom. The van der Waals surface area contributed by atoms with Gasteiger partial charge in [0.25, 0.3) is 0 Å². The van der Waals surface area contributed by atoms with Crippen LogP contribution in [0.1, 0.15) is 25.5 Å². The first-order chi connectivity index (χ1) is 9.06. The molecule has 0 aliphatic rings. The normalized spacial score (nSPS) is 13.7. The van der Waals surface area contributed by atoms with Crippen LogP contribution >= 0.6 is 0 Å². The predicted octanol–water partition coefficient (Wildman–Crippen LogP) is 2.12. The van der Waals surface area contributed by atoms with Gasteiger partial charge in [-0.25, -0.2) is 4.79 Å². The lowest BCUT2D eigenvalue weighted by Crippen LogP contribution is -2.34. The molecule has 0 aromatic heterocycles. The van der Waals surface area contributed by atoms with Gasteiger partial charge in [0.2, 0.25) is 0 Å². The minimum Gasteiger partial charge on any atom is -0.380 e. The van der Waals surface area contributed by atoms with Gasteiger partial charge in [-0.05, 0) is 38.6 Å². The Labute approximate surface area is 114 Å². The molecule has 19 heavy (non-hydrogen) atoms. The molecule has 5 heteroatoms. The third-order valence-electron chi connectivity index (χ3n) is 3.03. The second kappa shape index (κ2) is 7.76. The monoisotopic (exact) mass is 265 g/mol. The Hall–Kier alpha value is -1.59. The number of hydrogen-bond donors (Lipinski definition) is 3. The molecule has 0 spiro atoms. The van der Waals surface area contributed by atoms with E-state index in [1.54, 1.807) is 7.11 Å². The molecule has 3 N–H and O–H groups in total. The summed E-state index contributed by atoms with van der Waals surface area (Å²) in [6, 6.07) is 7.80. The van der Waals surface area contributed by atoms with Crippen LogP contribution in [0, 0.1) is 0 Å². The van der Waals surface area contributed by atoms with Crippen molar-refractivity contribution in [3.63, 3.8) is 0 Å². The molecule has 0 aliphatic carbocycles. The Bertz CT molecular complexity index is 409. The maximum atomic E-state index is 11.7. The number of anilines is 1. The number of carbonyl (C=O) groups is 1. The Morgan fingerprint density at radius 2 is 2.11 bits per heavy atom. The topological polar surface area (TPSA) is 62.4 Å². The minimum absolute atomic E-state index is 0.00129. The number of hydrogen-bond acceptors (Lipinski definition) is 3. The lowest BCUT2D eigenvalue weighted by molar-refractivity contribution is 0.119. The van der Waals surface area contributed by atoms with Crippen LogP contribution in [0.5, 0.6) is 0 Å². The van der Waals surface area contributed by atoms with Crippen molar-refractivity contribution in [2.75, 3.05) is 26.0 Å². The Kier molecular flexibility index (Phi) is 6.32. The molecule has 0 fully saturated rings. The van der Waals surface area contributed by atoms with Gasteiger partial charge in [0.1, 0.15) is 0 Å². The fourth-order valence-electron chi connectivity index (χ4n) is 1.55. The number of urea groups is 1. The van der Waals surface area contributed by atoms with Crippen LogP contribution in [-0.4, -0.2) is 32.8 Å². The molecule has 2 amide bonds. The van der Waals surface area contributed by atoms with Crippen LogP contribution in [0.3, 0.4) is 0 Å². The predicted molar refractivity (Wildman–Crippen MR) is 77.4 cm³/mol. The van der Waals surface area contributed by atoms with E-state index in [9.17, 15) is 4.79 Å². The molecule has 0 saturated heterocycles. The van der Waals surface area contributed by atoms with Gasteiger partial charge in [-0.15, -0.1) is 0 Å². The second-order valence-corrected chi connectivity index (χ2v) is 4.52. The van der Waals surface area contributed by atoms with E-state index >= 15 is 0 Å². The highest BCUT2D eigenvalue weighted by atomic mass is 16.5. The van der Waals surface area contributed by atoms with Gasteiger partial charge >= 0.3 is 6.03 Å². The number of benzene rings is 1. The summed E-state index contributed by atoms with van der Waals surface area (Å²) in [5.74, 6) is 0. The highest BCUT2D eigenvalue weighted by Crippen LogP contribution is 2.16. The van der Waals surface area contributed by atoms with Crippen molar-refractivity contribution < 1.29 is 9.53 Å². The molecule has 1 aromatic carbocycles. The SMILES string of the molecule is CNC(C)c1cccc(NC(=O)NCC(C)OC)c1. The summed E-state index contributed by atoms with van der Waals surface area (Å²) in [5, 5.41) is 8.73. The van der Waals surface area contributed by atoms with Crippen LogP contribution < -0.4 is 16.0 Å². The summed E-state index contributed by atoms with van der Waals surface area (Å²) < 4.78 is 5.07. The van der Waals surface area contributed by atoms with Crippen LogP contribution in [0.15, 0.2) is 24.3 Å². The summed E-state index contributed by atoms with van der Waals surface area (Å²) in [7, 11) is 3.52. The van der Waals surface area contributed by atoms with Crippen molar-refractivity contribution in [1.29, 1.82) is 0 Å². The van der Waals surface area contributed by atoms with Gasteiger partial charge in [-0.1, -0.05) is 12.1 Å². The van der Waals surface area contributed by atoms with E-state index in [0.29, 0.717) is 6.54 Å². The van der Waals surface area contributed by atoms with Crippen LogP contribution in [-0.2, 0) is 4.74 Å². The zero-order chi connectivity index (χ0) is 14.3. The van der Waals surface area contributed by atoms with Crippen LogP contribution in [0.4, 0.5) is 10.5 Å². The molecule has 0 aliphatic heterocycles. The first-order valence-corrected chi connectivity index (χ1v) is 6.41. The number of amides is 2. The van der Waals surface area contributed by atoms with Gasteiger partial charge in [-0.2, -0.15) is 0 Å². The Morgan fingerprint density at radius 3 is 2.74 bits per heavy atom. The molecule has 106 valence electrons. The van der Waals surface area contributed by atoms with Crippen molar-refractivity contribution in [1.82, 2.24) is 10.6 Å². The number of methoxy groups -OCH3 is 1. The number of nitrogens with one attached hydrogen (secondary N) is 3. The summed E-state index contributed by atoms with van der Waals surface area (Å²) in [5.41, 5.74) is 1.91. The minimum atomic E-state index is -0.224. The number of carbonyl (C=O) groups excluding carboxylic acids is 1. The molecule has 5 nitrogen and oxygen atoms in total. The van der Waals surface area contributed by atoms with E-state index in [2.05, 4.69) is 22.9 Å². The summed E-state index contributed by atoms with van der Waals surface area (Å²) in [6.07, 6.45) is 0.00129. The van der Waals surface area contributed by atoms with Crippen molar-refractivity contribution in [3.05, 3.63) is 29.8 Å². The lowest BCUT2D eigenvalue weighted by Gasteiger charge is -2.14. The van der Waals surface area contributed by atoms with Gasteiger partial charge in [0.05, 0.1) is 6.10 Å².